The zero-order valence-corrected chi connectivity index (χ0v) is 10.8. The van der Waals surface area contributed by atoms with Crippen molar-refractivity contribution in [3.05, 3.63) is 71.0 Å². The zero-order chi connectivity index (χ0) is 13.4. The molecule has 0 fully saturated rings. The molecule has 0 aliphatic carbocycles. The summed E-state index contributed by atoms with van der Waals surface area (Å²) in [6.07, 6.45) is 0.543. The molecule has 18 heavy (non-hydrogen) atoms. The first kappa shape index (κ1) is 14.4. The van der Waals surface area contributed by atoms with Crippen molar-refractivity contribution in [2.75, 3.05) is 0 Å². The van der Waals surface area contributed by atoms with Crippen LogP contribution in [0.15, 0.2) is 54.6 Å². The van der Waals surface area contributed by atoms with E-state index in [1.807, 2.05) is 6.92 Å². The van der Waals surface area contributed by atoms with Gasteiger partial charge in [-0.3, -0.25) is 4.79 Å². The summed E-state index contributed by atoms with van der Waals surface area (Å²) in [4.78, 5) is 11.1. The first-order chi connectivity index (χ1) is 8.63. The summed E-state index contributed by atoms with van der Waals surface area (Å²) in [5.41, 5.74) is 0.733. The quantitative estimate of drug-likeness (QED) is 0.715. The van der Waals surface area contributed by atoms with Crippen LogP contribution in [0.3, 0.4) is 0 Å². The van der Waals surface area contributed by atoms with Gasteiger partial charge in [-0.2, -0.15) is 0 Å². The Bertz CT molecular complexity index is 480. The highest BCUT2D eigenvalue weighted by molar-refractivity contribution is 6.30. The van der Waals surface area contributed by atoms with Gasteiger partial charge in [0, 0.05) is 17.0 Å². The van der Waals surface area contributed by atoms with Gasteiger partial charge in [0.05, 0.1) is 0 Å². The van der Waals surface area contributed by atoms with Gasteiger partial charge in [-0.1, -0.05) is 36.7 Å². The van der Waals surface area contributed by atoms with Crippen LogP contribution in [0.1, 0.15) is 23.7 Å². The number of carbonyl (C=O) groups is 1. The zero-order valence-electron chi connectivity index (χ0n) is 10.1. The van der Waals surface area contributed by atoms with Crippen LogP contribution >= 0.6 is 11.6 Å². The smallest absolute Gasteiger partial charge is 0.162 e. The van der Waals surface area contributed by atoms with Gasteiger partial charge in [0.2, 0.25) is 0 Å². The van der Waals surface area contributed by atoms with Crippen molar-refractivity contribution in [2.24, 2.45) is 0 Å². The molecule has 1 nitrogen and oxygen atoms in total. The Morgan fingerprint density at radius 1 is 1.06 bits per heavy atom. The van der Waals surface area contributed by atoms with Gasteiger partial charge in [-0.15, -0.1) is 0 Å². The highest BCUT2D eigenvalue weighted by Crippen LogP contribution is 2.10. The fourth-order valence-electron chi connectivity index (χ4n) is 1.25. The average Bonchev–Trinajstić information content (AvgIpc) is 2.40. The van der Waals surface area contributed by atoms with Crippen LogP contribution in [0.25, 0.3) is 0 Å². The molecule has 2 rings (SSSR count). The van der Waals surface area contributed by atoms with Crippen LogP contribution < -0.4 is 0 Å². The molecule has 0 amide bonds. The van der Waals surface area contributed by atoms with E-state index in [4.69, 9.17) is 11.6 Å². The molecule has 2 aromatic rings. The molecule has 0 radical (unpaired) electrons. The van der Waals surface area contributed by atoms with Gasteiger partial charge in [0.15, 0.2) is 5.78 Å². The van der Waals surface area contributed by atoms with E-state index in [-0.39, 0.29) is 11.6 Å². The molecule has 0 aromatic heterocycles. The number of hydrogen-bond acceptors (Lipinski definition) is 1. The average molecular weight is 265 g/mol. The molecule has 0 atom stereocenters. The Kier molecular flexibility index (Phi) is 6.09. The van der Waals surface area contributed by atoms with Crippen LogP contribution in [0.2, 0.25) is 5.02 Å². The Hall–Kier alpha value is -1.67. The molecule has 0 bridgehead atoms. The summed E-state index contributed by atoms with van der Waals surface area (Å²) in [6, 6.07) is 14.9. The Morgan fingerprint density at radius 3 is 2.00 bits per heavy atom. The van der Waals surface area contributed by atoms with Crippen molar-refractivity contribution in [1.29, 1.82) is 0 Å². The van der Waals surface area contributed by atoms with E-state index in [2.05, 4.69) is 0 Å². The highest BCUT2D eigenvalue weighted by atomic mass is 35.5. The van der Waals surface area contributed by atoms with Crippen molar-refractivity contribution >= 4 is 17.4 Å². The summed E-state index contributed by atoms with van der Waals surface area (Å²) in [5.74, 6) is -0.0239. The van der Waals surface area contributed by atoms with Gasteiger partial charge in [0.25, 0.3) is 0 Å². The second-order valence-corrected chi connectivity index (χ2v) is 4.02. The standard InChI is InChI=1S/C9H9ClO.C6H5F/c1-2-9(11)7-3-5-8(10)6-4-7;7-6-4-2-1-3-5-6/h3-6H,2H2,1H3;1-5H. The minimum Gasteiger partial charge on any atom is -0.294 e. The van der Waals surface area contributed by atoms with Gasteiger partial charge in [-0.05, 0) is 36.4 Å². The van der Waals surface area contributed by atoms with Gasteiger partial charge >= 0.3 is 0 Å². The molecule has 0 aliphatic rings. The predicted molar refractivity (Wildman–Crippen MR) is 72.5 cm³/mol. The van der Waals surface area contributed by atoms with Gasteiger partial charge in [-0.25, -0.2) is 4.39 Å². The maximum atomic E-state index is 11.9. The number of rotatable bonds is 2. The van der Waals surface area contributed by atoms with E-state index in [0.717, 1.165) is 5.56 Å². The fraction of sp³-hybridized carbons (Fsp3) is 0.133. The lowest BCUT2D eigenvalue weighted by molar-refractivity contribution is 0.0988. The largest absolute Gasteiger partial charge is 0.294 e. The van der Waals surface area contributed by atoms with Crippen LogP contribution in [-0.2, 0) is 0 Å². The molecule has 0 heterocycles. The third kappa shape index (κ3) is 5.11. The SMILES string of the molecule is CCC(=O)c1ccc(Cl)cc1.Fc1ccccc1. The molecule has 94 valence electrons. The number of hydrogen-bond donors (Lipinski definition) is 0. The van der Waals surface area contributed by atoms with Gasteiger partial charge in [0.1, 0.15) is 5.82 Å². The van der Waals surface area contributed by atoms with Crippen LogP contribution in [0.5, 0.6) is 0 Å². The van der Waals surface area contributed by atoms with Crippen LogP contribution in [0, 0.1) is 5.82 Å². The van der Waals surface area contributed by atoms with Crippen molar-refractivity contribution in [1.82, 2.24) is 0 Å². The summed E-state index contributed by atoms with van der Waals surface area (Å²) in [7, 11) is 0. The maximum Gasteiger partial charge on any atom is 0.162 e. The number of benzene rings is 2. The molecule has 0 N–H and O–H groups in total. The van der Waals surface area contributed by atoms with Crippen molar-refractivity contribution < 1.29 is 9.18 Å². The first-order valence-electron chi connectivity index (χ1n) is 5.62. The summed E-state index contributed by atoms with van der Waals surface area (Å²) < 4.78 is 11.9. The first-order valence-corrected chi connectivity index (χ1v) is 6.00. The van der Waals surface area contributed by atoms with Gasteiger partial charge < -0.3 is 0 Å². The lowest BCUT2D eigenvalue weighted by Crippen LogP contribution is -1.94. The maximum absolute atomic E-state index is 11.9. The molecular weight excluding hydrogens is 251 g/mol. The molecule has 0 spiro atoms. The summed E-state index contributed by atoms with van der Waals surface area (Å²) in [6.45, 7) is 1.84. The van der Waals surface area contributed by atoms with Crippen LogP contribution in [-0.4, -0.2) is 5.78 Å². The summed E-state index contributed by atoms with van der Waals surface area (Å²) >= 11 is 5.65. The molecule has 0 aliphatic heterocycles. The molecule has 2 aromatic carbocycles. The van der Waals surface area contributed by atoms with E-state index >= 15 is 0 Å². The Labute approximate surface area is 111 Å². The monoisotopic (exact) mass is 264 g/mol. The summed E-state index contributed by atoms with van der Waals surface area (Å²) in [5, 5.41) is 0.664. The van der Waals surface area contributed by atoms with E-state index in [1.165, 1.54) is 12.1 Å². The number of carbonyl (C=O) groups excluding carboxylic acids is 1. The van der Waals surface area contributed by atoms with Crippen molar-refractivity contribution in [3.8, 4) is 0 Å². The number of ketones is 1. The molecular formula is C15H14ClFO. The topological polar surface area (TPSA) is 17.1 Å². The minimum absolute atomic E-state index is 0.154. The lowest BCUT2D eigenvalue weighted by Gasteiger charge is -1.95. The van der Waals surface area contributed by atoms with Crippen LogP contribution in [0.4, 0.5) is 4.39 Å². The van der Waals surface area contributed by atoms with E-state index < -0.39 is 0 Å². The molecule has 3 heteroatoms. The number of Topliss-reactive ketones (excluding diaryl/α,β-unsaturated/α-hetero) is 1. The predicted octanol–water partition coefficient (Wildman–Crippen LogP) is 4.76. The second kappa shape index (κ2) is 7.62. The Balaban J connectivity index is 0.000000199. The van der Waals surface area contributed by atoms with E-state index in [9.17, 15) is 9.18 Å². The fourth-order valence-corrected chi connectivity index (χ4v) is 1.38. The molecule has 0 unspecified atom stereocenters. The highest BCUT2D eigenvalue weighted by Gasteiger charge is 2.00. The van der Waals surface area contributed by atoms with Crippen molar-refractivity contribution in [3.63, 3.8) is 0 Å². The van der Waals surface area contributed by atoms with E-state index in [0.29, 0.717) is 11.4 Å². The third-order valence-corrected chi connectivity index (χ3v) is 2.47. The van der Waals surface area contributed by atoms with Crippen molar-refractivity contribution in [2.45, 2.75) is 13.3 Å². The Morgan fingerprint density at radius 2 is 1.61 bits per heavy atom. The third-order valence-electron chi connectivity index (χ3n) is 2.22. The lowest BCUT2D eigenvalue weighted by atomic mass is 10.1. The minimum atomic E-state index is -0.178. The molecule has 0 saturated carbocycles. The molecule has 0 saturated heterocycles. The second-order valence-electron chi connectivity index (χ2n) is 3.58. The normalized spacial score (nSPS) is 9.28. The van der Waals surface area contributed by atoms with E-state index in [1.54, 1.807) is 42.5 Å². The number of halogens is 2.